The summed E-state index contributed by atoms with van der Waals surface area (Å²) in [5.41, 5.74) is -0.403. The van der Waals surface area contributed by atoms with Gasteiger partial charge in [-0.2, -0.15) is 0 Å². The largest absolute Gasteiger partial charge is 0.377 e. The summed E-state index contributed by atoms with van der Waals surface area (Å²) in [4.78, 5) is 12.5. The molecule has 0 saturated carbocycles. The Kier molecular flexibility index (Phi) is 5.26. The molecule has 3 rings (SSSR count). The van der Waals surface area contributed by atoms with E-state index in [0.717, 1.165) is 12.1 Å². The van der Waals surface area contributed by atoms with E-state index < -0.39 is 38.1 Å². The van der Waals surface area contributed by atoms with E-state index in [1.54, 1.807) is 13.8 Å². The number of rotatable bonds is 5. The molecule has 0 radical (unpaired) electrons. The predicted molar refractivity (Wildman–Crippen MR) is 99.0 cm³/mol. The second kappa shape index (κ2) is 7.11. The van der Waals surface area contributed by atoms with Crippen LogP contribution in [0, 0.1) is 18.6 Å². The number of benzene rings is 1. The molecule has 0 unspecified atom stereocenters. The van der Waals surface area contributed by atoms with Crippen molar-refractivity contribution in [1.82, 2.24) is 9.29 Å². The van der Waals surface area contributed by atoms with Gasteiger partial charge in [0.25, 0.3) is 5.91 Å². The Morgan fingerprint density at radius 1 is 1.29 bits per heavy atom. The average molecular weight is 434 g/mol. The maximum Gasteiger partial charge on any atom is 0.272 e. The standard InChI is InChI=1S/C17H18ClF2N3O4S/c1-9-14(28(25,26)22-17(2)7-27-8-17)6-13(23(9)3)16(24)21-10-4-11(18)15(20)12(19)5-10/h4-6,22H,7-8H2,1-3H3,(H,21,24). The molecule has 1 aromatic heterocycles. The number of ether oxygens (including phenoxy) is 1. The van der Waals surface area contributed by atoms with E-state index in [1.165, 1.54) is 17.7 Å². The van der Waals surface area contributed by atoms with Gasteiger partial charge in [-0.15, -0.1) is 0 Å². The lowest BCUT2D eigenvalue weighted by atomic mass is 10.0. The summed E-state index contributed by atoms with van der Waals surface area (Å²) < 4.78 is 61.2. The van der Waals surface area contributed by atoms with Crippen LogP contribution in [0.4, 0.5) is 14.5 Å². The minimum absolute atomic E-state index is 0.0220. The number of hydrogen-bond acceptors (Lipinski definition) is 4. The van der Waals surface area contributed by atoms with Gasteiger partial charge in [0, 0.05) is 24.5 Å². The third-order valence-electron chi connectivity index (χ3n) is 4.47. The van der Waals surface area contributed by atoms with Gasteiger partial charge in [0.15, 0.2) is 11.6 Å². The molecule has 7 nitrogen and oxygen atoms in total. The first kappa shape index (κ1) is 20.7. The van der Waals surface area contributed by atoms with Gasteiger partial charge in [-0.1, -0.05) is 11.6 Å². The van der Waals surface area contributed by atoms with Crippen LogP contribution in [0.2, 0.25) is 5.02 Å². The monoisotopic (exact) mass is 433 g/mol. The fourth-order valence-corrected chi connectivity index (χ4v) is 4.71. The molecule has 0 bridgehead atoms. The Labute approximate surface area is 165 Å². The second-order valence-corrected chi connectivity index (χ2v) is 8.96. The molecular formula is C17H18ClF2N3O4S. The van der Waals surface area contributed by atoms with Crippen LogP contribution in [-0.4, -0.2) is 37.6 Å². The molecule has 1 saturated heterocycles. The van der Waals surface area contributed by atoms with E-state index in [9.17, 15) is 22.0 Å². The van der Waals surface area contributed by atoms with Gasteiger partial charge in [0.2, 0.25) is 10.0 Å². The SMILES string of the molecule is Cc1c(S(=O)(=O)NC2(C)COC2)cc(C(=O)Nc2cc(F)c(F)c(Cl)c2)n1C. The van der Waals surface area contributed by atoms with Gasteiger partial charge in [-0.25, -0.2) is 21.9 Å². The van der Waals surface area contributed by atoms with Crippen LogP contribution in [0.25, 0.3) is 0 Å². The van der Waals surface area contributed by atoms with Gasteiger partial charge in [0.1, 0.15) is 10.6 Å². The molecule has 2 heterocycles. The Bertz CT molecular complexity index is 1040. The van der Waals surface area contributed by atoms with Crippen molar-refractivity contribution in [3.05, 3.63) is 46.2 Å². The first-order valence-corrected chi connectivity index (χ1v) is 10.0. The Morgan fingerprint density at radius 2 is 1.93 bits per heavy atom. The van der Waals surface area contributed by atoms with Crippen molar-refractivity contribution in [3.8, 4) is 0 Å². The summed E-state index contributed by atoms with van der Waals surface area (Å²) in [6.45, 7) is 3.77. The molecule has 152 valence electrons. The van der Waals surface area contributed by atoms with Gasteiger partial charge in [-0.3, -0.25) is 4.79 Å². The van der Waals surface area contributed by atoms with Crippen LogP contribution in [-0.2, 0) is 21.8 Å². The molecule has 1 fully saturated rings. The Morgan fingerprint density at radius 3 is 2.46 bits per heavy atom. The fourth-order valence-electron chi connectivity index (χ4n) is 2.83. The molecule has 1 aromatic carbocycles. The highest BCUT2D eigenvalue weighted by Crippen LogP contribution is 2.26. The number of carbonyl (C=O) groups excluding carboxylic acids is 1. The number of nitrogens with zero attached hydrogens (tertiary/aromatic N) is 1. The minimum Gasteiger partial charge on any atom is -0.377 e. The summed E-state index contributed by atoms with van der Waals surface area (Å²) in [5.74, 6) is -3.14. The Balaban J connectivity index is 1.89. The third-order valence-corrected chi connectivity index (χ3v) is 6.50. The number of aromatic nitrogens is 1. The van der Waals surface area contributed by atoms with Crippen molar-refractivity contribution in [1.29, 1.82) is 0 Å². The highest BCUT2D eigenvalue weighted by Gasteiger charge is 2.39. The van der Waals surface area contributed by atoms with Gasteiger partial charge in [-0.05, 0) is 26.0 Å². The maximum absolute atomic E-state index is 13.5. The topological polar surface area (TPSA) is 89.4 Å². The number of carbonyl (C=O) groups is 1. The predicted octanol–water partition coefficient (Wildman–Crippen LogP) is 2.58. The highest BCUT2D eigenvalue weighted by molar-refractivity contribution is 7.89. The highest BCUT2D eigenvalue weighted by atomic mass is 35.5. The van der Waals surface area contributed by atoms with Crippen LogP contribution in [0.1, 0.15) is 23.1 Å². The quantitative estimate of drug-likeness (QED) is 0.709. The van der Waals surface area contributed by atoms with E-state index in [1.807, 2.05) is 0 Å². The first-order chi connectivity index (χ1) is 12.9. The number of sulfonamides is 1. The summed E-state index contributed by atoms with van der Waals surface area (Å²) in [6.07, 6.45) is 0. The van der Waals surface area contributed by atoms with E-state index in [0.29, 0.717) is 5.69 Å². The second-order valence-electron chi connectivity index (χ2n) is 6.91. The zero-order valence-corrected chi connectivity index (χ0v) is 16.8. The van der Waals surface area contributed by atoms with Crippen molar-refractivity contribution in [3.63, 3.8) is 0 Å². The van der Waals surface area contributed by atoms with E-state index in [-0.39, 0.29) is 29.5 Å². The third kappa shape index (κ3) is 3.77. The molecule has 11 heteroatoms. The van der Waals surface area contributed by atoms with Crippen LogP contribution >= 0.6 is 11.6 Å². The Hall–Kier alpha value is -2.01. The number of anilines is 1. The summed E-state index contributed by atoms with van der Waals surface area (Å²) in [7, 11) is -2.37. The van der Waals surface area contributed by atoms with Gasteiger partial charge < -0.3 is 14.6 Å². The maximum atomic E-state index is 13.5. The minimum atomic E-state index is -3.90. The lowest BCUT2D eigenvalue weighted by molar-refractivity contribution is -0.0523. The lowest BCUT2D eigenvalue weighted by Gasteiger charge is -2.38. The number of hydrogen-bond donors (Lipinski definition) is 2. The van der Waals surface area contributed by atoms with E-state index in [2.05, 4.69) is 10.0 Å². The van der Waals surface area contributed by atoms with E-state index >= 15 is 0 Å². The zero-order valence-electron chi connectivity index (χ0n) is 15.3. The van der Waals surface area contributed by atoms with Crippen molar-refractivity contribution >= 4 is 33.2 Å². The molecule has 2 aromatic rings. The molecular weight excluding hydrogens is 416 g/mol. The molecule has 1 amide bonds. The van der Waals surface area contributed by atoms with E-state index in [4.69, 9.17) is 16.3 Å². The molecule has 2 N–H and O–H groups in total. The molecule has 28 heavy (non-hydrogen) atoms. The molecule has 0 spiro atoms. The number of amides is 1. The fraction of sp³-hybridized carbons (Fsp3) is 0.353. The number of halogens is 3. The van der Waals surface area contributed by atoms with Crippen molar-refractivity contribution in [2.24, 2.45) is 7.05 Å². The van der Waals surface area contributed by atoms with Crippen LogP contribution < -0.4 is 10.0 Å². The summed E-state index contributed by atoms with van der Waals surface area (Å²) >= 11 is 5.58. The smallest absolute Gasteiger partial charge is 0.272 e. The van der Waals surface area contributed by atoms with Crippen LogP contribution in [0.5, 0.6) is 0 Å². The van der Waals surface area contributed by atoms with Crippen LogP contribution in [0.3, 0.4) is 0 Å². The van der Waals surface area contributed by atoms with Gasteiger partial charge in [0.05, 0.1) is 23.8 Å². The van der Waals surface area contributed by atoms with Gasteiger partial charge >= 0.3 is 0 Å². The summed E-state index contributed by atoms with van der Waals surface area (Å²) in [5, 5.41) is 1.90. The first-order valence-electron chi connectivity index (χ1n) is 8.17. The molecule has 0 atom stereocenters. The number of nitrogens with one attached hydrogen (secondary N) is 2. The normalized spacial score (nSPS) is 15.9. The molecule has 1 aliphatic rings. The van der Waals surface area contributed by atoms with Crippen molar-refractivity contribution in [2.75, 3.05) is 18.5 Å². The average Bonchev–Trinajstić information content (AvgIpc) is 2.87. The van der Waals surface area contributed by atoms with Crippen molar-refractivity contribution < 1.29 is 26.7 Å². The lowest BCUT2D eigenvalue weighted by Crippen LogP contribution is -2.59. The summed E-state index contributed by atoms with van der Waals surface area (Å²) in [6, 6.07) is 3.06. The zero-order chi connectivity index (χ0) is 20.9. The molecule has 0 aliphatic carbocycles. The van der Waals surface area contributed by atoms with Crippen molar-refractivity contribution in [2.45, 2.75) is 24.3 Å². The van der Waals surface area contributed by atoms with Crippen LogP contribution in [0.15, 0.2) is 23.1 Å². The molecule has 1 aliphatic heterocycles.